The van der Waals surface area contributed by atoms with E-state index in [9.17, 15) is 22.4 Å². The van der Waals surface area contributed by atoms with Crippen molar-refractivity contribution in [2.45, 2.75) is 51.9 Å². The van der Waals surface area contributed by atoms with Gasteiger partial charge >= 0.3 is 6.36 Å². The Kier molecular flexibility index (Phi) is 11.0. The second kappa shape index (κ2) is 14.2. The molecular weight excluding hydrogens is 538 g/mol. The van der Waals surface area contributed by atoms with Gasteiger partial charge in [0.1, 0.15) is 5.75 Å². The van der Waals surface area contributed by atoms with Crippen molar-refractivity contribution in [3.05, 3.63) is 90.1 Å². The Morgan fingerprint density at radius 1 is 1.22 bits per heavy atom. The fourth-order valence-electron chi connectivity index (χ4n) is 4.46. The molecule has 6 nitrogen and oxygen atoms in total. The van der Waals surface area contributed by atoms with Gasteiger partial charge in [-0.1, -0.05) is 49.4 Å². The number of nitrogens with zero attached hydrogens (tertiary/aromatic N) is 3. The van der Waals surface area contributed by atoms with Gasteiger partial charge in [-0.15, -0.1) is 13.2 Å². The molecule has 1 aliphatic heterocycles. The average molecular weight is 574 g/mol. The second-order valence-electron chi connectivity index (χ2n) is 9.94. The van der Waals surface area contributed by atoms with Crippen LogP contribution in [0.15, 0.2) is 83.9 Å². The van der Waals surface area contributed by atoms with Gasteiger partial charge in [-0.3, -0.25) is 14.5 Å². The third-order valence-electron chi connectivity index (χ3n) is 6.88. The lowest BCUT2D eigenvalue weighted by molar-refractivity contribution is -0.274. The highest BCUT2D eigenvalue weighted by molar-refractivity contribution is 6.15. The Bertz CT molecular complexity index is 1320. The molecule has 1 saturated heterocycles. The van der Waals surface area contributed by atoms with Crippen LogP contribution < -0.4 is 4.74 Å². The van der Waals surface area contributed by atoms with Gasteiger partial charge in [-0.25, -0.2) is 4.39 Å². The number of alkyl halides is 3. The Labute approximate surface area is 237 Å². The third kappa shape index (κ3) is 8.85. The smallest absolute Gasteiger partial charge is 0.406 e. The van der Waals surface area contributed by atoms with Crippen LogP contribution in [0.3, 0.4) is 0 Å². The number of hydrogen-bond acceptors (Lipinski definition) is 5. The van der Waals surface area contributed by atoms with Crippen LogP contribution in [0.2, 0.25) is 0 Å². The van der Waals surface area contributed by atoms with Gasteiger partial charge in [0, 0.05) is 42.9 Å². The maximum atomic E-state index is 12.5. The van der Waals surface area contributed by atoms with Crippen LogP contribution >= 0.6 is 0 Å². The molecule has 1 aromatic heterocycles. The number of rotatable bonds is 10. The summed E-state index contributed by atoms with van der Waals surface area (Å²) >= 11 is 0. The third-order valence-corrected chi connectivity index (χ3v) is 6.88. The molecule has 0 radical (unpaired) electrons. The van der Waals surface area contributed by atoms with Gasteiger partial charge < -0.3 is 9.47 Å². The number of Topliss-reactive ketones (excluding diaryl/α,β-unsaturated/α-hetero) is 1. The van der Waals surface area contributed by atoms with Gasteiger partial charge in [0.2, 0.25) is 0 Å². The minimum absolute atomic E-state index is 0.229. The maximum absolute atomic E-state index is 12.5. The molecular formula is C31H35F4N3O3. The van der Waals surface area contributed by atoms with Crippen molar-refractivity contribution < 1.29 is 31.8 Å². The van der Waals surface area contributed by atoms with Crippen LogP contribution in [-0.4, -0.2) is 47.9 Å². The highest BCUT2D eigenvalue weighted by Crippen LogP contribution is 2.38. The number of aliphatic imine (C=N–C) groups is 1. The summed E-state index contributed by atoms with van der Waals surface area (Å²) in [5.41, 5.74) is 6.04. The molecule has 1 aromatic carbocycles. The van der Waals surface area contributed by atoms with E-state index in [1.165, 1.54) is 18.6 Å². The zero-order chi connectivity index (χ0) is 30.2. The highest BCUT2D eigenvalue weighted by Gasteiger charge is 2.31. The van der Waals surface area contributed by atoms with Gasteiger partial charge in [-0.05, 0) is 49.5 Å². The summed E-state index contributed by atoms with van der Waals surface area (Å²) in [5, 5.41) is 4.56. The van der Waals surface area contributed by atoms with E-state index < -0.39 is 18.0 Å². The Morgan fingerprint density at radius 2 is 1.85 bits per heavy atom. The molecule has 4 rings (SSSR count). The Morgan fingerprint density at radius 3 is 2.29 bits per heavy atom. The Balaban J connectivity index is 0.000000696. The summed E-state index contributed by atoms with van der Waals surface area (Å²) in [6, 6.07) is 6.27. The predicted octanol–water partition coefficient (Wildman–Crippen LogP) is 7.41. The first-order chi connectivity index (χ1) is 19.4. The van der Waals surface area contributed by atoms with Gasteiger partial charge in [0.05, 0.1) is 25.5 Å². The molecule has 0 atom stereocenters. The van der Waals surface area contributed by atoms with E-state index in [-0.39, 0.29) is 11.8 Å². The zero-order valence-corrected chi connectivity index (χ0v) is 23.5. The molecule has 2 heterocycles. The standard InChI is InChI=1S/C27H30F3N3O2.C4H5FO/c1-4-6-24(21-14-32-33(15-21)22-16-34-17-22)25(26(31-3)20-7-5-8-20)18(2)13-19-9-11-23(12-10-19)35-27(28,29)30;1-3(5)4(2)6/h4,6,9-12,14-15,20,22H,1,5,7-8,13,16-17H2,2-3H3;1H2,2H3/b24-6-,25-18-,31-26?;. The van der Waals surface area contributed by atoms with Crippen LogP contribution in [0.4, 0.5) is 17.6 Å². The average Bonchev–Trinajstić information content (AvgIpc) is 3.30. The van der Waals surface area contributed by atoms with Crippen LogP contribution in [0.25, 0.3) is 5.57 Å². The molecule has 2 fully saturated rings. The van der Waals surface area contributed by atoms with Crippen LogP contribution in [0, 0.1) is 5.92 Å². The maximum Gasteiger partial charge on any atom is 0.573 e. The molecule has 0 unspecified atom stereocenters. The first-order valence-electron chi connectivity index (χ1n) is 13.3. The van der Waals surface area contributed by atoms with Crippen LogP contribution in [-0.2, 0) is 16.0 Å². The summed E-state index contributed by atoms with van der Waals surface area (Å²) in [5.74, 6) is -1.33. The van der Waals surface area contributed by atoms with Crippen molar-refractivity contribution in [3.8, 4) is 5.75 Å². The van der Waals surface area contributed by atoms with E-state index in [0.29, 0.717) is 25.6 Å². The molecule has 220 valence electrons. The molecule has 2 aliphatic rings. The predicted molar refractivity (Wildman–Crippen MR) is 151 cm³/mol. The van der Waals surface area contributed by atoms with Crippen molar-refractivity contribution in [1.29, 1.82) is 0 Å². The van der Waals surface area contributed by atoms with Crippen molar-refractivity contribution in [3.63, 3.8) is 0 Å². The summed E-state index contributed by atoms with van der Waals surface area (Å²) < 4.78 is 60.1. The quantitative estimate of drug-likeness (QED) is 0.129. The normalized spacial score (nSPS) is 17.0. The molecule has 0 amide bonds. The first kappa shape index (κ1) is 31.7. The number of carbonyl (C=O) groups excluding carboxylic acids is 1. The minimum Gasteiger partial charge on any atom is -0.406 e. The first-order valence-corrected chi connectivity index (χ1v) is 13.3. The largest absolute Gasteiger partial charge is 0.573 e. The fourth-order valence-corrected chi connectivity index (χ4v) is 4.46. The molecule has 2 aromatic rings. The number of ether oxygens (including phenoxy) is 2. The van der Waals surface area contributed by atoms with E-state index in [1.807, 2.05) is 30.2 Å². The van der Waals surface area contributed by atoms with Crippen molar-refractivity contribution >= 4 is 17.1 Å². The van der Waals surface area contributed by atoms with Crippen molar-refractivity contribution in [2.24, 2.45) is 10.9 Å². The lowest BCUT2D eigenvalue weighted by Crippen LogP contribution is -2.30. The van der Waals surface area contributed by atoms with E-state index in [1.54, 1.807) is 18.2 Å². The van der Waals surface area contributed by atoms with Crippen LogP contribution in [0.1, 0.15) is 50.3 Å². The minimum atomic E-state index is -4.71. The number of ketones is 1. The van der Waals surface area contributed by atoms with Crippen LogP contribution in [0.5, 0.6) is 5.75 Å². The molecule has 1 saturated carbocycles. The van der Waals surface area contributed by atoms with E-state index in [4.69, 9.17) is 9.73 Å². The summed E-state index contributed by atoms with van der Waals surface area (Å²) in [7, 11) is 1.82. The zero-order valence-electron chi connectivity index (χ0n) is 23.5. The van der Waals surface area contributed by atoms with E-state index in [2.05, 4.69) is 29.9 Å². The highest BCUT2D eigenvalue weighted by atomic mass is 19.4. The van der Waals surface area contributed by atoms with E-state index in [0.717, 1.165) is 53.3 Å². The summed E-state index contributed by atoms with van der Waals surface area (Å²) in [4.78, 5) is 14.4. The number of halogens is 4. The van der Waals surface area contributed by atoms with Gasteiger partial charge in [0.15, 0.2) is 11.6 Å². The van der Waals surface area contributed by atoms with Gasteiger partial charge in [0.25, 0.3) is 0 Å². The lowest BCUT2D eigenvalue weighted by atomic mass is 9.75. The molecule has 1 aliphatic carbocycles. The summed E-state index contributed by atoms with van der Waals surface area (Å²) in [6.07, 6.45) is 6.86. The Hall–Kier alpha value is -3.79. The number of hydrogen-bond donors (Lipinski definition) is 0. The van der Waals surface area contributed by atoms with Crippen molar-refractivity contribution in [2.75, 3.05) is 20.3 Å². The monoisotopic (exact) mass is 573 g/mol. The second-order valence-corrected chi connectivity index (χ2v) is 9.94. The molecule has 41 heavy (non-hydrogen) atoms. The molecule has 0 spiro atoms. The number of benzene rings is 1. The van der Waals surface area contributed by atoms with Crippen molar-refractivity contribution in [1.82, 2.24) is 9.78 Å². The lowest BCUT2D eigenvalue weighted by Gasteiger charge is -2.30. The molecule has 0 N–H and O–H groups in total. The summed E-state index contributed by atoms with van der Waals surface area (Å²) in [6.45, 7) is 11.2. The van der Waals surface area contributed by atoms with E-state index >= 15 is 0 Å². The SMILES string of the molecule is C=C(F)C(C)=O.C=C/C=C(\C(C(=NC)C1CCC1)=C(/C)Cc1ccc(OC(F)(F)F)cc1)c1cnn(C2COC2)c1. The van der Waals surface area contributed by atoms with Gasteiger partial charge in [-0.2, -0.15) is 5.10 Å². The number of carbonyl (C=O) groups is 1. The topological polar surface area (TPSA) is 65.7 Å². The number of aromatic nitrogens is 2. The fraction of sp³-hybridized carbons (Fsp3) is 0.387. The number of allylic oxidation sites excluding steroid dienone is 6. The molecule has 10 heteroatoms. The molecule has 0 bridgehead atoms.